The van der Waals surface area contributed by atoms with Crippen molar-refractivity contribution in [1.29, 1.82) is 0 Å². The minimum atomic E-state index is 0.876. The third-order valence-corrected chi connectivity index (χ3v) is 2.17. The van der Waals surface area contributed by atoms with Gasteiger partial charge in [0.1, 0.15) is 18.0 Å². The molecule has 16 heavy (non-hydrogen) atoms. The van der Waals surface area contributed by atoms with Crippen molar-refractivity contribution in [1.82, 2.24) is 15.0 Å². The first kappa shape index (κ1) is 12.7. The van der Waals surface area contributed by atoms with Gasteiger partial charge in [0.05, 0.1) is 0 Å². The summed E-state index contributed by atoms with van der Waals surface area (Å²) < 4.78 is 0. The number of aromatic nitrogens is 2. The van der Waals surface area contributed by atoms with Gasteiger partial charge in [0.25, 0.3) is 0 Å². The average molecular weight is 223 g/mol. The van der Waals surface area contributed by atoms with E-state index in [1.54, 1.807) is 6.33 Å². The molecule has 0 fully saturated rings. The Morgan fingerprint density at radius 2 is 1.88 bits per heavy atom. The second kappa shape index (κ2) is 6.27. The van der Waals surface area contributed by atoms with Gasteiger partial charge >= 0.3 is 0 Å². The van der Waals surface area contributed by atoms with Gasteiger partial charge in [0.2, 0.25) is 0 Å². The number of nitrogens with one attached hydrogen (secondary N) is 2. The smallest absolute Gasteiger partial charge is 0.149 e. The van der Waals surface area contributed by atoms with E-state index in [2.05, 4.69) is 34.6 Å². The minimum absolute atomic E-state index is 0.876. The summed E-state index contributed by atoms with van der Waals surface area (Å²) in [5.74, 6) is 1.81. The van der Waals surface area contributed by atoms with E-state index >= 15 is 0 Å². The first-order valence-electron chi connectivity index (χ1n) is 5.70. The van der Waals surface area contributed by atoms with Crippen LogP contribution in [0.5, 0.6) is 0 Å². The molecule has 0 atom stereocenters. The minimum Gasteiger partial charge on any atom is -0.370 e. The summed E-state index contributed by atoms with van der Waals surface area (Å²) >= 11 is 0. The number of rotatable bonds is 6. The zero-order chi connectivity index (χ0) is 12.0. The van der Waals surface area contributed by atoms with Crippen molar-refractivity contribution >= 4 is 11.6 Å². The fourth-order valence-corrected chi connectivity index (χ4v) is 1.45. The number of hydrazine groups is 1. The molecule has 0 saturated heterocycles. The summed E-state index contributed by atoms with van der Waals surface area (Å²) in [4.78, 5) is 8.53. The molecule has 0 bridgehead atoms. The van der Waals surface area contributed by atoms with Crippen LogP contribution in [0.25, 0.3) is 0 Å². The Balaban J connectivity index is 2.91. The van der Waals surface area contributed by atoms with E-state index in [9.17, 15) is 0 Å². The standard InChI is InChI=1S/C11H21N5/c1-5-7-12-10-9(6-2)11(14-8-13-10)15-16(3)4/h8H,5-7H2,1-4H3,(H2,12,13,14,15). The fourth-order valence-electron chi connectivity index (χ4n) is 1.45. The average Bonchev–Trinajstić information content (AvgIpc) is 2.25. The summed E-state index contributed by atoms with van der Waals surface area (Å²) in [6.07, 6.45) is 3.58. The van der Waals surface area contributed by atoms with E-state index in [1.165, 1.54) is 0 Å². The summed E-state index contributed by atoms with van der Waals surface area (Å²) in [6, 6.07) is 0. The Kier molecular flexibility index (Phi) is 4.98. The van der Waals surface area contributed by atoms with E-state index in [4.69, 9.17) is 0 Å². The molecule has 90 valence electrons. The molecule has 0 spiro atoms. The molecule has 1 heterocycles. The van der Waals surface area contributed by atoms with Crippen LogP contribution < -0.4 is 10.7 Å². The predicted molar refractivity (Wildman–Crippen MR) is 67.5 cm³/mol. The van der Waals surface area contributed by atoms with Crippen LogP contribution in [0.15, 0.2) is 6.33 Å². The Bertz CT molecular complexity index is 324. The lowest BCUT2D eigenvalue weighted by Crippen LogP contribution is -2.22. The van der Waals surface area contributed by atoms with Crippen LogP contribution in [0.1, 0.15) is 25.8 Å². The molecule has 0 saturated carbocycles. The van der Waals surface area contributed by atoms with Crippen molar-refractivity contribution in [3.05, 3.63) is 11.9 Å². The summed E-state index contributed by atoms with van der Waals surface area (Å²) in [5.41, 5.74) is 4.31. The Hall–Kier alpha value is -1.36. The first-order valence-corrected chi connectivity index (χ1v) is 5.70. The van der Waals surface area contributed by atoms with Crippen LogP contribution in [0.2, 0.25) is 0 Å². The van der Waals surface area contributed by atoms with Crippen LogP contribution in [-0.4, -0.2) is 35.6 Å². The molecule has 0 aliphatic rings. The molecule has 0 amide bonds. The van der Waals surface area contributed by atoms with E-state index < -0.39 is 0 Å². The van der Waals surface area contributed by atoms with Gasteiger partial charge in [-0.1, -0.05) is 13.8 Å². The number of anilines is 2. The van der Waals surface area contributed by atoms with Gasteiger partial charge in [-0.05, 0) is 12.8 Å². The molecule has 0 unspecified atom stereocenters. The van der Waals surface area contributed by atoms with Gasteiger partial charge in [-0.15, -0.1) is 0 Å². The molecule has 0 aliphatic carbocycles. The van der Waals surface area contributed by atoms with E-state index in [1.807, 2.05) is 19.1 Å². The second-order valence-corrected chi connectivity index (χ2v) is 3.84. The van der Waals surface area contributed by atoms with E-state index in [0.29, 0.717) is 0 Å². The lowest BCUT2D eigenvalue weighted by molar-refractivity contribution is 0.491. The monoisotopic (exact) mass is 223 g/mol. The highest BCUT2D eigenvalue weighted by molar-refractivity contribution is 5.56. The number of nitrogens with zero attached hydrogens (tertiary/aromatic N) is 3. The predicted octanol–water partition coefficient (Wildman–Crippen LogP) is 1.75. The van der Waals surface area contributed by atoms with Gasteiger partial charge in [0.15, 0.2) is 0 Å². The lowest BCUT2D eigenvalue weighted by atomic mass is 10.2. The second-order valence-electron chi connectivity index (χ2n) is 3.84. The Morgan fingerprint density at radius 1 is 1.19 bits per heavy atom. The molecule has 1 rings (SSSR count). The molecule has 1 aromatic rings. The van der Waals surface area contributed by atoms with Crippen LogP contribution in [0.4, 0.5) is 11.6 Å². The highest BCUT2D eigenvalue weighted by atomic mass is 15.5. The van der Waals surface area contributed by atoms with Gasteiger partial charge in [-0.3, -0.25) is 0 Å². The SMILES string of the molecule is CCCNc1ncnc(NN(C)C)c1CC. The van der Waals surface area contributed by atoms with Crippen molar-refractivity contribution in [2.75, 3.05) is 31.4 Å². The van der Waals surface area contributed by atoms with Crippen molar-refractivity contribution in [2.24, 2.45) is 0 Å². The Labute approximate surface area is 97.3 Å². The molecule has 0 aromatic carbocycles. The van der Waals surface area contributed by atoms with Crippen molar-refractivity contribution in [2.45, 2.75) is 26.7 Å². The fraction of sp³-hybridized carbons (Fsp3) is 0.636. The van der Waals surface area contributed by atoms with Crippen LogP contribution in [0, 0.1) is 0 Å². The summed E-state index contributed by atoms with van der Waals surface area (Å²) in [7, 11) is 3.89. The summed E-state index contributed by atoms with van der Waals surface area (Å²) in [6.45, 7) is 5.18. The van der Waals surface area contributed by atoms with Crippen LogP contribution in [-0.2, 0) is 6.42 Å². The maximum atomic E-state index is 4.27. The molecule has 0 radical (unpaired) electrons. The first-order chi connectivity index (χ1) is 7.69. The third kappa shape index (κ3) is 3.34. The van der Waals surface area contributed by atoms with Crippen LogP contribution >= 0.6 is 0 Å². The summed E-state index contributed by atoms with van der Waals surface area (Å²) in [5, 5.41) is 5.20. The van der Waals surface area contributed by atoms with Crippen molar-refractivity contribution < 1.29 is 0 Å². The quantitative estimate of drug-likeness (QED) is 0.720. The lowest BCUT2D eigenvalue weighted by Gasteiger charge is -2.17. The molecular weight excluding hydrogens is 202 g/mol. The van der Waals surface area contributed by atoms with Crippen LogP contribution in [0.3, 0.4) is 0 Å². The number of hydrogen-bond acceptors (Lipinski definition) is 5. The molecule has 5 heteroatoms. The van der Waals surface area contributed by atoms with Crippen molar-refractivity contribution in [3.8, 4) is 0 Å². The highest BCUT2D eigenvalue weighted by Gasteiger charge is 2.09. The number of hydrogen-bond donors (Lipinski definition) is 2. The largest absolute Gasteiger partial charge is 0.370 e. The molecule has 1 aromatic heterocycles. The van der Waals surface area contributed by atoms with E-state index in [-0.39, 0.29) is 0 Å². The zero-order valence-electron chi connectivity index (χ0n) is 10.5. The highest BCUT2D eigenvalue weighted by Crippen LogP contribution is 2.20. The van der Waals surface area contributed by atoms with E-state index in [0.717, 1.165) is 36.6 Å². The molecule has 5 nitrogen and oxygen atoms in total. The normalized spacial score (nSPS) is 10.6. The zero-order valence-corrected chi connectivity index (χ0v) is 10.5. The maximum absolute atomic E-state index is 4.27. The van der Waals surface area contributed by atoms with Gasteiger partial charge in [-0.2, -0.15) is 0 Å². The third-order valence-electron chi connectivity index (χ3n) is 2.17. The van der Waals surface area contributed by atoms with Gasteiger partial charge < -0.3 is 10.7 Å². The topological polar surface area (TPSA) is 53.1 Å². The molecular formula is C11H21N5. The van der Waals surface area contributed by atoms with Crippen molar-refractivity contribution in [3.63, 3.8) is 0 Å². The van der Waals surface area contributed by atoms with Gasteiger partial charge in [0, 0.05) is 26.2 Å². The Morgan fingerprint density at radius 3 is 2.44 bits per heavy atom. The molecule has 2 N–H and O–H groups in total. The molecule has 0 aliphatic heterocycles. The maximum Gasteiger partial charge on any atom is 0.149 e. The van der Waals surface area contributed by atoms with Gasteiger partial charge in [-0.25, -0.2) is 15.0 Å².